The largest absolute Gasteiger partial charge is 0.385 e. The molecule has 0 saturated carbocycles. The molecule has 0 fully saturated rings. The van der Waals surface area contributed by atoms with E-state index in [4.69, 9.17) is 0 Å². The van der Waals surface area contributed by atoms with Crippen LogP contribution in [0.2, 0.25) is 0 Å². The van der Waals surface area contributed by atoms with Crippen LogP contribution in [0.1, 0.15) is 12.0 Å². The molecular formula is C9H12NP. The molecule has 0 aromatic heterocycles. The van der Waals surface area contributed by atoms with Crippen molar-refractivity contribution in [2.75, 3.05) is 11.9 Å². The molecule has 1 aromatic carbocycles. The molecule has 2 rings (SSSR count). The molecule has 0 saturated heterocycles. The number of fused-ring (bicyclic) bond motifs is 1. The third-order valence-corrected chi connectivity index (χ3v) is 2.43. The highest BCUT2D eigenvalue weighted by Crippen LogP contribution is 2.20. The Morgan fingerprint density at radius 1 is 1.36 bits per heavy atom. The van der Waals surface area contributed by atoms with Gasteiger partial charge < -0.3 is 5.32 Å². The SMILES string of the molecule is Pc1ccc2c(c1)NCCC2. The van der Waals surface area contributed by atoms with Gasteiger partial charge in [0.25, 0.3) is 0 Å². The number of aryl methyl sites for hydroxylation is 1. The van der Waals surface area contributed by atoms with Gasteiger partial charge in [0.1, 0.15) is 0 Å². The van der Waals surface area contributed by atoms with E-state index in [2.05, 4.69) is 32.8 Å². The minimum Gasteiger partial charge on any atom is -0.385 e. The molecule has 1 aliphatic rings. The van der Waals surface area contributed by atoms with E-state index in [9.17, 15) is 0 Å². The molecule has 0 amide bonds. The van der Waals surface area contributed by atoms with Gasteiger partial charge in [-0.05, 0) is 29.8 Å². The first-order valence-electron chi connectivity index (χ1n) is 3.98. The van der Waals surface area contributed by atoms with E-state index in [1.165, 1.54) is 29.4 Å². The van der Waals surface area contributed by atoms with Gasteiger partial charge in [-0.2, -0.15) is 0 Å². The van der Waals surface area contributed by atoms with E-state index in [1.807, 2.05) is 0 Å². The van der Waals surface area contributed by atoms with Crippen molar-refractivity contribution in [3.8, 4) is 0 Å². The molecule has 58 valence electrons. The van der Waals surface area contributed by atoms with Gasteiger partial charge in [0.15, 0.2) is 0 Å². The van der Waals surface area contributed by atoms with Gasteiger partial charge in [-0.1, -0.05) is 12.1 Å². The van der Waals surface area contributed by atoms with Crippen LogP contribution in [0.4, 0.5) is 5.69 Å². The summed E-state index contributed by atoms with van der Waals surface area (Å²) in [6, 6.07) is 6.56. The molecule has 1 atom stereocenters. The molecule has 0 spiro atoms. The van der Waals surface area contributed by atoms with Gasteiger partial charge in [-0.15, -0.1) is 9.24 Å². The lowest BCUT2D eigenvalue weighted by molar-refractivity contribution is 0.831. The van der Waals surface area contributed by atoms with Crippen LogP contribution in [0.25, 0.3) is 0 Å². The fourth-order valence-corrected chi connectivity index (χ4v) is 1.74. The first-order valence-corrected chi connectivity index (χ1v) is 4.56. The first-order chi connectivity index (χ1) is 5.36. The maximum absolute atomic E-state index is 3.39. The summed E-state index contributed by atoms with van der Waals surface area (Å²) in [4.78, 5) is 0. The third kappa shape index (κ3) is 1.39. The summed E-state index contributed by atoms with van der Waals surface area (Å²) in [7, 11) is 2.72. The van der Waals surface area contributed by atoms with E-state index in [1.54, 1.807) is 0 Å². The molecule has 1 nitrogen and oxygen atoms in total. The topological polar surface area (TPSA) is 12.0 Å². The van der Waals surface area contributed by atoms with E-state index < -0.39 is 0 Å². The van der Waals surface area contributed by atoms with Crippen molar-refractivity contribution < 1.29 is 0 Å². The number of nitrogens with one attached hydrogen (secondary N) is 1. The molecule has 1 unspecified atom stereocenters. The van der Waals surface area contributed by atoms with Crippen molar-refractivity contribution in [1.82, 2.24) is 0 Å². The molecule has 1 aromatic rings. The second-order valence-corrected chi connectivity index (χ2v) is 3.61. The maximum Gasteiger partial charge on any atom is 0.0378 e. The fourth-order valence-electron chi connectivity index (χ4n) is 1.48. The minimum absolute atomic E-state index is 1.13. The Kier molecular flexibility index (Phi) is 1.83. The highest BCUT2D eigenvalue weighted by atomic mass is 31.0. The van der Waals surface area contributed by atoms with Crippen molar-refractivity contribution in [3.63, 3.8) is 0 Å². The summed E-state index contributed by atoms with van der Waals surface area (Å²) >= 11 is 0. The van der Waals surface area contributed by atoms with Crippen LogP contribution < -0.4 is 10.6 Å². The Bertz CT molecular complexity index is 270. The number of benzene rings is 1. The van der Waals surface area contributed by atoms with Crippen LogP contribution in [0, 0.1) is 0 Å². The van der Waals surface area contributed by atoms with Crippen LogP contribution in [-0.2, 0) is 6.42 Å². The number of rotatable bonds is 0. The Labute approximate surface area is 69.4 Å². The van der Waals surface area contributed by atoms with Gasteiger partial charge in [0, 0.05) is 12.2 Å². The summed E-state index contributed by atoms with van der Waals surface area (Å²) in [5.41, 5.74) is 2.78. The fraction of sp³-hybridized carbons (Fsp3) is 0.333. The lowest BCUT2D eigenvalue weighted by atomic mass is 10.0. The molecule has 1 heterocycles. The zero-order valence-corrected chi connectivity index (χ0v) is 7.59. The van der Waals surface area contributed by atoms with E-state index in [-0.39, 0.29) is 0 Å². The molecule has 0 radical (unpaired) electrons. The molecule has 0 bridgehead atoms. The third-order valence-electron chi connectivity index (χ3n) is 2.07. The summed E-state index contributed by atoms with van der Waals surface area (Å²) in [5.74, 6) is 0. The van der Waals surface area contributed by atoms with Crippen molar-refractivity contribution >= 4 is 20.2 Å². The smallest absolute Gasteiger partial charge is 0.0378 e. The van der Waals surface area contributed by atoms with Gasteiger partial charge >= 0.3 is 0 Å². The minimum atomic E-state index is 1.13. The van der Waals surface area contributed by atoms with Crippen molar-refractivity contribution in [3.05, 3.63) is 23.8 Å². The highest BCUT2D eigenvalue weighted by Gasteiger charge is 2.06. The predicted molar refractivity (Wildman–Crippen MR) is 52.6 cm³/mol. The van der Waals surface area contributed by atoms with Crippen LogP contribution in [0.15, 0.2) is 18.2 Å². The van der Waals surface area contributed by atoms with Crippen molar-refractivity contribution in [2.45, 2.75) is 12.8 Å². The molecule has 0 aliphatic carbocycles. The number of hydrogen-bond donors (Lipinski definition) is 1. The van der Waals surface area contributed by atoms with E-state index >= 15 is 0 Å². The van der Waals surface area contributed by atoms with Crippen LogP contribution in [0.5, 0.6) is 0 Å². The summed E-state index contributed by atoms with van der Waals surface area (Å²) < 4.78 is 0. The summed E-state index contributed by atoms with van der Waals surface area (Å²) in [6.07, 6.45) is 2.50. The maximum atomic E-state index is 3.39. The van der Waals surface area contributed by atoms with Crippen LogP contribution in [-0.4, -0.2) is 6.54 Å². The molecule has 2 heteroatoms. The number of anilines is 1. The van der Waals surface area contributed by atoms with Crippen molar-refractivity contribution in [2.24, 2.45) is 0 Å². The van der Waals surface area contributed by atoms with Gasteiger partial charge in [-0.3, -0.25) is 0 Å². The standard InChI is InChI=1S/C9H12NP/c11-8-4-3-7-2-1-5-10-9(7)6-8/h3-4,6,10H,1-2,5,11H2. The molecular weight excluding hydrogens is 153 g/mol. The summed E-state index contributed by atoms with van der Waals surface area (Å²) in [5, 5.41) is 4.65. The van der Waals surface area contributed by atoms with E-state index in [0.29, 0.717) is 0 Å². The highest BCUT2D eigenvalue weighted by molar-refractivity contribution is 7.27. The summed E-state index contributed by atoms with van der Waals surface area (Å²) in [6.45, 7) is 1.13. The normalized spacial score (nSPS) is 15.4. The van der Waals surface area contributed by atoms with E-state index in [0.717, 1.165) is 6.54 Å². The Hall–Kier alpha value is -0.550. The monoisotopic (exact) mass is 165 g/mol. The van der Waals surface area contributed by atoms with Crippen LogP contribution in [0.3, 0.4) is 0 Å². The second kappa shape index (κ2) is 2.83. The average molecular weight is 165 g/mol. The lowest BCUT2D eigenvalue weighted by Crippen LogP contribution is -2.12. The Balaban J connectivity index is 2.43. The van der Waals surface area contributed by atoms with Gasteiger partial charge in [0.2, 0.25) is 0 Å². The Morgan fingerprint density at radius 3 is 3.18 bits per heavy atom. The van der Waals surface area contributed by atoms with Crippen molar-refractivity contribution in [1.29, 1.82) is 0 Å². The molecule has 11 heavy (non-hydrogen) atoms. The van der Waals surface area contributed by atoms with Crippen LogP contribution >= 0.6 is 9.24 Å². The number of hydrogen-bond acceptors (Lipinski definition) is 1. The quantitative estimate of drug-likeness (QED) is 0.575. The Morgan fingerprint density at radius 2 is 2.27 bits per heavy atom. The lowest BCUT2D eigenvalue weighted by Gasteiger charge is -2.17. The first kappa shape index (κ1) is 7.12. The zero-order valence-electron chi connectivity index (χ0n) is 6.43. The second-order valence-electron chi connectivity index (χ2n) is 2.95. The zero-order chi connectivity index (χ0) is 7.68. The molecule has 1 aliphatic heterocycles. The van der Waals surface area contributed by atoms with Gasteiger partial charge in [-0.25, -0.2) is 0 Å². The average Bonchev–Trinajstić information content (AvgIpc) is 2.04. The predicted octanol–water partition coefficient (Wildman–Crippen LogP) is 1.55. The molecule has 1 N–H and O–H groups in total. The van der Waals surface area contributed by atoms with Gasteiger partial charge in [0.05, 0.1) is 0 Å².